The number of ether oxygens (including phenoxy) is 1. The fourth-order valence-corrected chi connectivity index (χ4v) is 7.64. The van der Waals surface area contributed by atoms with Crippen LogP contribution in [0.4, 0.5) is 0 Å². The van der Waals surface area contributed by atoms with Crippen molar-refractivity contribution >= 4 is 21.8 Å². The summed E-state index contributed by atoms with van der Waals surface area (Å²) in [5.41, 5.74) is 3.37. The summed E-state index contributed by atoms with van der Waals surface area (Å²) in [5, 5.41) is 0. The van der Waals surface area contributed by atoms with Crippen LogP contribution < -0.4 is 4.72 Å². The van der Waals surface area contributed by atoms with Crippen LogP contribution >= 0.6 is 11.8 Å². The van der Waals surface area contributed by atoms with Gasteiger partial charge in [0, 0.05) is 35.0 Å². The third-order valence-electron chi connectivity index (χ3n) is 6.81. The molecule has 0 aromatic heterocycles. The number of hydrogen-bond donors (Lipinski definition) is 1. The number of rotatable bonds is 6. The predicted molar refractivity (Wildman–Crippen MR) is 122 cm³/mol. The summed E-state index contributed by atoms with van der Waals surface area (Å²) < 4.78 is 34.6. The van der Waals surface area contributed by atoms with Gasteiger partial charge in [0.1, 0.15) is 0 Å². The molecule has 1 saturated heterocycles. The first-order chi connectivity index (χ1) is 14.4. The molecule has 0 spiro atoms. The Morgan fingerprint density at radius 2 is 1.77 bits per heavy atom. The first kappa shape index (κ1) is 21.9. The maximum Gasteiger partial charge on any atom is 0.240 e. The Balaban J connectivity index is 1.71. The zero-order valence-corrected chi connectivity index (χ0v) is 19.7. The van der Waals surface area contributed by atoms with E-state index in [1.165, 1.54) is 16.0 Å². The molecule has 2 aromatic carbocycles. The Bertz CT molecular complexity index is 1020. The van der Waals surface area contributed by atoms with Gasteiger partial charge in [0.05, 0.1) is 4.90 Å². The van der Waals surface area contributed by atoms with Gasteiger partial charge < -0.3 is 4.74 Å². The van der Waals surface area contributed by atoms with Crippen molar-refractivity contribution in [3.63, 3.8) is 0 Å². The number of hydrogen-bond acceptors (Lipinski definition) is 4. The van der Waals surface area contributed by atoms with Crippen molar-refractivity contribution in [1.82, 2.24) is 4.72 Å². The smallest absolute Gasteiger partial charge is 0.240 e. The monoisotopic (exact) mass is 445 g/mol. The highest BCUT2D eigenvalue weighted by Crippen LogP contribution is 2.53. The molecule has 162 valence electrons. The van der Waals surface area contributed by atoms with Crippen molar-refractivity contribution < 1.29 is 13.2 Å². The zero-order valence-electron chi connectivity index (χ0n) is 18.0. The van der Waals surface area contributed by atoms with E-state index in [4.69, 9.17) is 4.74 Å². The molecule has 0 saturated carbocycles. The Hall–Kier alpha value is -1.34. The SMILES string of the molecule is CCC1(CC)c2ccccc2Sc2cc(S(=O)(=O)NCC3CCOCC3)c(C)cc21. The zero-order chi connectivity index (χ0) is 21.4. The fourth-order valence-electron chi connectivity index (χ4n) is 4.90. The maximum absolute atomic E-state index is 13.2. The van der Waals surface area contributed by atoms with Crippen molar-refractivity contribution in [2.75, 3.05) is 19.8 Å². The molecule has 1 fully saturated rings. The van der Waals surface area contributed by atoms with E-state index in [0.29, 0.717) is 17.4 Å². The average molecular weight is 446 g/mol. The molecule has 0 radical (unpaired) electrons. The Labute approximate surface area is 184 Å². The lowest BCUT2D eigenvalue weighted by atomic mass is 9.70. The molecule has 4 nitrogen and oxygen atoms in total. The van der Waals surface area contributed by atoms with Crippen molar-refractivity contribution in [2.45, 2.75) is 66.6 Å². The second-order valence-corrected chi connectivity index (χ2v) is 11.2. The van der Waals surface area contributed by atoms with Crippen LogP contribution in [-0.4, -0.2) is 28.2 Å². The first-order valence-corrected chi connectivity index (χ1v) is 13.2. The number of aryl methyl sites for hydroxylation is 1. The second-order valence-electron chi connectivity index (χ2n) is 8.41. The van der Waals surface area contributed by atoms with E-state index in [0.717, 1.165) is 49.4 Å². The van der Waals surface area contributed by atoms with Gasteiger partial charge in [-0.3, -0.25) is 0 Å². The molecule has 4 rings (SSSR count). The average Bonchev–Trinajstić information content (AvgIpc) is 2.77. The van der Waals surface area contributed by atoms with Crippen molar-refractivity contribution in [3.8, 4) is 0 Å². The van der Waals surface area contributed by atoms with Crippen LogP contribution in [0, 0.1) is 12.8 Å². The highest BCUT2D eigenvalue weighted by atomic mass is 32.2. The minimum absolute atomic E-state index is 0.0697. The minimum Gasteiger partial charge on any atom is -0.381 e. The minimum atomic E-state index is -3.56. The molecule has 2 aliphatic heterocycles. The summed E-state index contributed by atoms with van der Waals surface area (Å²) in [5.74, 6) is 0.348. The summed E-state index contributed by atoms with van der Waals surface area (Å²) in [6, 6.07) is 12.6. The van der Waals surface area contributed by atoms with Gasteiger partial charge in [0.25, 0.3) is 0 Å². The van der Waals surface area contributed by atoms with Crippen LogP contribution in [0.2, 0.25) is 0 Å². The highest BCUT2D eigenvalue weighted by Gasteiger charge is 2.39. The number of sulfonamides is 1. The van der Waals surface area contributed by atoms with Crippen molar-refractivity contribution in [3.05, 3.63) is 53.1 Å². The molecular formula is C24H31NO3S2. The number of benzene rings is 2. The van der Waals surface area contributed by atoms with Gasteiger partial charge >= 0.3 is 0 Å². The summed E-state index contributed by atoms with van der Waals surface area (Å²) in [6.45, 7) is 8.30. The number of nitrogens with one attached hydrogen (secondary N) is 1. The van der Waals surface area contributed by atoms with Gasteiger partial charge in [0.15, 0.2) is 0 Å². The molecule has 0 aliphatic carbocycles. The third kappa shape index (κ3) is 3.83. The summed E-state index contributed by atoms with van der Waals surface area (Å²) in [7, 11) is -3.56. The molecule has 0 bridgehead atoms. The van der Waals surface area contributed by atoms with Crippen molar-refractivity contribution in [2.24, 2.45) is 5.92 Å². The Kier molecular flexibility index (Phi) is 6.31. The van der Waals surface area contributed by atoms with Crippen LogP contribution in [0.15, 0.2) is 51.1 Å². The van der Waals surface area contributed by atoms with E-state index in [1.54, 1.807) is 11.8 Å². The largest absolute Gasteiger partial charge is 0.381 e. The molecule has 0 amide bonds. The maximum atomic E-state index is 13.2. The van der Waals surface area contributed by atoms with E-state index in [2.05, 4.69) is 48.9 Å². The highest BCUT2D eigenvalue weighted by molar-refractivity contribution is 7.99. The normalized spacial score (nSPS) is 18.6. The van der Waals surface area contributed by atoms with Gasteiger partial charge in [-0.1, -0.05) is 49.9 Å². The standard InChI is InChI=1S/C24H31NO3S2/c1-4-24(5-2)19-8-6-7-9-21(19)29-22-15-23(17(3)14-20(22)24)30(26,27)25-16-18-10-12-28-13-11-18/h6-9,14-15,18,25H,4-5,10-13,16H2,1-3H3. The Morgan fingerprint density at radius 3 is 2.47 bits per heavy atom. The molecule has 2 aromatic rings. The van der Waals surface area contributed by atoms with E-state index >= 15 is 0 Å². The molecule has 1 N–H and O–H groups in total. The molecule has 30 heavy (non-hydrogen) atoms. The van der Waals surface area contributed by atoms with Gasteiger partial charge in [-0.05, 0) is 67.3 Å². The first-order valence-electron chi connectivity index (χ1n) is 10.9. The molecule has 2 heterocycles. The lowest BCUT2D eigenvalue weighted by Crippen LogP contribution is -2.33. The molecule has 2 aliphatic rings. The summed E-state index contributed by atoms with van der Waals surface area (Å²) in [6.07, 6.45) is 3.80. The van der Waals surface area contributed by atoms with E-state index < -0.39 is 10.0 Å². The topological polar surface area (TPSA) is 55.4 Å². The quantitative estimate of drug-likeness (QED) is 0.658. The van der Waals surface area contributed by atoms with Crippen molar-refractivity contribution in [1.29, 1.82) is 0 Å². The van der Waals surface area contributed by atoms with E-state index in [1.807, 2.05) is 13.0 Å². The lowest BCUT2D eigenvalue weighted by molar-refractivity contribution is 0.0678. The van der Waals surface area contributed by atoms with Gasteiger partial charge in [-0.15, -0.1) is 0 Å². The third-order valence-corrected chi connectivity index (χ3v) is 9.51. The van der Waals surface area contributed by atoms with E-state index in [9.17, 15) is 8.42 Å². The fraction of sp³-hybridized carbons (Fsp3) is 0.500. The van der Waals surface area contributed by atoms with Gasteiger partial charge in [-0.2, -0.15) is 0 Å². The van der Waals surface area contributed by atoms with Crippen LogP contribution in [0.25, 0.3) is 0 Å². The van der Waals surface area contributed by atoms with E-state index in [-0.39, 0.29) is 5.41 Å². The van der Waals surface area contributed by atoms with Crippen LogP contribution in [0.1, 0.15) is 56.2 Å². The van der Waals surface area contributed by atoms with Crippen LogP contribution in [0.5, 0.6) is 0 Å². The summed E-state index contributed by atoms with van der Waals surface area (Å²) in [4.78, 5) is 2.70. The van der Waals surface area contributed by atoms with Crippen LogP contribution in [-0.2, 0) is 20.2 Å². The number of fused-ring (bicyclic) bond motifs is 2. The summed E-state index contributed by atoms with van der Waals surface area (Å²) >= 11 is 1.69. The predicted octanol–water partition coefficient (Wildman–Crippen LogP) is 5.27. The second kappa shape index (κ2) is 8.65. The molecule has 0 atom stereocenters. The Morgan fingerprint density at radius 1 is 1.07 bits per heavy atom. The molecule has 6 heteroatoms. The van der Waals surface area contributed by atoms with Gasteiger partial charge in [-0.25, -0.2) is 13.1 Å². The molecule has 0 unspecified atom stereocenters. The molecular weight excluding hydrogens is 414 g/mol. The van der Waals surface area contributed by atoms with Crippen LogP contribution in [0.3, 0.4) is 0 Å². The lowest BCUT2D eigenvalue weighted by Gasteiger charge is -2.40. The van der Waals surface area contributed by atoms with Gasteiger partial charge in [0.2, 0.25) is 10.0 Å².